The van der Waals surface area contributed by atoms with Crippen molar-refractivity contribution in [3.05, 3.63) is 57.9 Å². The molecule has 2 aliphatic rings. The van der Waals surface area contributed by atoms with Gasteiger partial charge in [0.05, 0.1) is 7.11 Å². The second-order valence-corrected chi connectivity index (χ2v) is 8.93. The molecule has 4 nitrogen and oxygen atoms in total. The van der Waals surface area contributed by atoms with E-state index < -0.39 is 0 Å². The molecule has 3 heterocycles. The van der Waals surface area contributed by atoms with Crippen LogP contribution in [0.5, 0.6) is 5.75 Å². The number of nitrogens with zero attached hydrogens (tertiary/aromatic N) is 2. The zero-order valence-electron chi connectivity index (χ0n) is 19.0. The van der Waals surface area contributed by atoms with Gasteiger partial charge in [0.2, 0.25) is 0 Å². The number of fused-ring (bicyclic) bond motifs is 2. The third kappa shape index (κ3) is 5.37. The molecule has 1 aromatic carbocycles. The Morgan fingerprint density at radius 3 is 2.48 bits per heavy atom. The smallest absolute Gasteiger partial charge is 0.122 e. The van der Waals surface area contributed by atoms with Crippen molar-refractivity contribution in [2.75, 3.05) is 27.2 Å². The predicted octanol–water partition coefficient (Wildman–Crippen LogP) is 4.66. The Morgan fingerprint density at radius 1 is 1.00 bits per heavy atom. The monoisotopic (exact) mass is 395 g/mol. The van der Waals surface area contributed by atoms with Crippen molar-refractivity contribution in [2.24, 2.45) is 0 Å². The molecule has 0 fully saturated rings. The van der Waals surface area contributed by atoms with E-state index in [0.717, 1.165) is 44.8 Å². The van der Waals surface area contributed by atoms with Gasteiger partial charge in [-0.3, -0.25) is 4.98 Å². The summed E-state index contributed by atoms with van der Waals surface area (Å²) >= 11 is 0. The summed E-state index contributed by atoms with van der Waals surface area (Å²) in [6.45, 7) is 13.1. The molecule has 0 amide bonds. The SMILES string of the molecule is CC(C)c1ccc2c(n1)CCN(C)C2.COc1cc2c(cc1C(C)C)CNCC2. The lowest BCUT2D eigenvalue weighted by Gasteiger charge is -2.24. The number of nitrogens with one attached hydrogen (secondary N) is 1. The van der Waals surface area contributed by atoms with Crippen molar-refractivity contribution in [3.8, 4) is 5.75 Å². The Balaban J connectivity index is 0.000000166. The van der Waals surface area contributed by atoms with Crippen molar-refractivity contribution in [1.29, 1.82) is 0 Å². The highest BCUT2D eigenvalue weighted by molar-refractivity contribution is 5.45. The Kier molecular flexibility index (Phi) is 7.31. The number of aromatic nitrogens is 1. The molecule has 4 rings (SSSR count). The molecule has 0 atom stereocenters. The van der Waals surface area contributed by atoms with Crippen LogP contribution in [0.25, 0.3) is 0 Å². The molecule has 1 N–H and O–H groups in total. The van der Waals surface area contributed by atoms with Crippen LogP contribution in [0.3, 0.4) is 0 Å². The van der Waals surface area contributed by atoms with E-state index in [4.69, 9.17) is 9.72 Å². The summed E-state index contributed by atoms with van der Waals surface area (Å²) in [5.74, 6) is 2.11. The van der Waals surface area contributed by atoms with Gasteiger partial charge in [-0.2, -0.15) is 0 Å². The molecule has 1 aromatic heterocycles. The zero-order chi connectivity index (χ0) is 21.0. The highest BCUT2D eigenvalue weighted by Gasteiger charge is 2.16. The number of methoxy groups -OCH3 is 1. The summed E-state index contributed by atoms with van der Waals surface area (Å²) in [6.07, 6.45) is 2.22. The Labute approximate surface area is 176 Å². The van der Waals surface area contributed by atoms with Gasteiger partial charge in [-0.1, -0.05) is 39.8 Å². The lowest BCUT2D eigenvalue weighted by molar-refractivity contribution is 0.309. The first-order chi connectivity index (χ1) is 13.9. The molecule has 0 unspecified atom stereocenters. The molecule has 0 bridgehead atoms. The molecule has 0 aliphatic carbocycles. The van der Waals surface area contributed by atoms with Crippen molar-refractivity contribution in [1.82, 2.24) is 15.2 Å². The maximum Gasteiger partial charge on any atom is 0.122 e. The Morgan fingerprint density at radius 2 is 1.79 bits per heavy atom. The number of hydrogen-bond acceptors (Lipinski definition) is 4. The molecule has 2 aliphatic heterocycles. The number of benzene rings is 1. The van der Waals surface area contributed by atoms with Crippen molar-refractivity contribution in [2.45, 2.75) is 65.5 Å². The first kappa shape index (κ1) is 21.8. The lowest BCUT2D eigenvalue weighted by atomic mass is 9.93. The van der Waals surface area contributed by atoms with E-state index in [9.17, 15) is 0 Å². The third-order valence-corrected chi connectivity index (χ3v) is 5.91. The van der Waals surface area contributed by atoms with Gasteiger partial charge in [0.25, 0.3) is 0 Å². The van der Waals surface area contributed by atoms with Gasteiger partial charge in [-0.15, -0.1) is 0 Å². The number of ether oxygens (including phenoxy) is 1. The van der Waals surface area contributed by atoms with Gasteiger partial charge in [0.1, 0.15) is 5.75 Å². The number of likely N-dealkylation sites (N-methyl/N-ethyl adjacent to an activating group) is 1. The molecule has 29 heavy (non-hydrogen) atoms. The van der Waals surface area contributed by atoms with Crippen LogP contribution in [-0.4, -0.2) is 37.1 Å². The molecular weight excluding hydrogens is 358 g/mol. The normalized spacial score (nSPS) is 16.1. The van der Waals surface area contributed by atoms with Crippen LogP contribution in [0.15, 0.2) is 24.3 Å². The van der Waals surface area contributed by atoms with Gasteiger partial charge < -0.3 is 15.0 Å². The molecule has 2 aromatic rings. The minimum Gasteiger partial charge on any atom is -0.496 e. The van der Waals surface area contributed by atoms with E-state index in [0.29, 0.717) is 11.8 Å². The second kappa shape index (κ2) is 9.73. The van der Waals surface area contributed by atoms with Crippen LogP contribution in [0, 0.1) is 0 Å². The standard InChI is InChI=1S/C13H19NO.C12H18N2/c1-9(2)12-6-11-8-14-5-4-10(11)7-13(12)15-3;1-9(2)11-5-4-10-8-14(3)7-6-12(10)13-11/h6-7,9,14H,4-5,8H2,1-3H3;4-5,9H,6-8H2,1-3H3. The number of pyridine rings is 1. The van der Waals surface area contributed by atoms with E-state index in [1.165, 1.54) is 33.6 Å². The molecular formula is C25H37N3O. The van der Waals surface area contributed by atoms with Crippen LogP contribution >= 0.6 is 0 Å². The minimum absolute atomic E-state index is 0.521. The van der Waals surface area contributed by atoms with Crippen LogP contribution in [0.2, 0.25) is 0 Å². The minimum atomic E-state index is 0.521. The van der Waals surface area contributed by atoms with Gasteiger partial charge >= 0.3 is 0 Å². The van der Waals surface area contributed by atoms with Crippen molar-refractivity contribution < 1.29 is 4.74 Å². The van der Waals surface area contributed by atoms with E-state index in [1.807, 2.05) is 0 Å². The van der Waals surface area contributed by atoms with Crippen LogP contribution in [0.1, 0.15) is 73.2 Å². The van der Waals surface area contributed by atoms with Crippen LogP contribution in [0.4, 0.5) is 0 Å². The van der Waals surface area contributed by atoms with E-state index in [1.54, 1.807) is 7.11 Å². The molecule has 0 spiro atoms. The third-order valence-electron chi connectivity index (χ3n) is 5.91. The second-order valence-electron chi connectivity index (χ2n) is 8.93. The quantitative estimate of drug-likeness (QED) is 0.820. The molecule has 4 heteroatoms. The van der Waals surface area contributed by atoms with E-state index >= 15 is 0 Å². The molecule has 0 saturated carbocycles. The maximum absolute atomic E-state index is 5.45. The zero-order valence-corrected chi connectivity index (χ0v) is 19.0. The highest BCUT2D eigenvalue weighted by Crippen LogP contribution is 2.31. The molecule has 0 radical (unpaired) electrons. The maximum atomic E-state index is 5.45. The Hall–Kier alpha value is -1.91. The average molecular weight is 396 g/mol. The number of rotatable bonds is 3. The number of hydrogen-bond donors (Lipinski definition) is 1. The van der Waals surface area contributed by atoms with E-state index in [-0.39, 0.29) is 0 Å². The predicted molar refractivity (Wildman–Crippen MR) is 121 cm³/mol. The van der Waals surface area contributed by atoms with Crippen molar-refractivity contribution >= 4 is 0 Å². The summed E-state index contributed by atoms with van der Waals surface area (Å²) in [4.78, 5) is 7.07. The first-order valence-corrected chi connectivity index (χ1v) is 11.0. The van der Waals surface area contributed by atoms with Gasteiger partial charge in [-0.05, 0) is 66.2 Å². The highest BCUT2D eigenvalue weighted by atomic mass is 16.5. The lowest BCUT2D eigenvalue weighted by Crippen LogP contribution is -2.27. The van der Waals surface area contributed by atoms with Crippen LogP contribution in [-0.2, 0) is 25.9 Å². The van der Waals surface area contributed by atoms with Crippen LogP contribution < -0.4 is 10.1 Å². The summed E-state index contributed by atoms with van der Waals surface area (Å²) in [5, 5.41) is 3.40. The van der Waals surface area contributed by atoms with Gasteiger partial charge in [0, 0.05) is 37.4 Å². The fourth-order valence-corrected chi connectivity index (χ4v) is 4.05. The molecule has 158 valence electrons. The summed E-state index contributed by atoms with van der Waals surface area (Å²) in [6, 6.07) is 8.92. The van der Waals surface area contributed by atoms with E-state index in [2.05, 4.69) is 69.2 Å². The van der Waals surface area contributed by atoms with Gasteiger partial charge in [-0.25, -0.2) is 0 Å². The first-order valence-electron chi connectivity index (χ1n) is 11.0. The Bertz CT molecular complexity index is 829. The molecule has 0 saturated heterocycles. The summed E-state index contributed by atoms with van der Waals surface area (Å²) in [7, 11) is 3.92. The fourth-order valence-electron chi connectivity index (χ4n) is 4.05. The average Bonchev–Trinajstić information content (AvgIpc) is 2.72. The summed E-state index contributed by atoms with van der Waals surface area (Å²) in [5.41, 5.74) is 8.14. The largest absolute Gasteiger partial charge is 0.496 e. The van der Waals surface area contributed by atoms with Crippen molar-refractivity contribution in [3.63, 3.8) is 0 Å². The summed E-state index contributed by atoms with van der Waals surface area (Å²) < 4.78 is 5.45. The topological polar surface area (TPSA) is 37.4 Å². The van der Waals surface area contributed by atoms with Gasteiger partial charge in [0.15, 0.2) is 0 Å². The fraction of sp³-hybridized carbons (Fsp3) is 0.560.